The lowest BCUT2D eigenvalue weighted by Gasteiger charge is -2.28. The summed E-state index contributed by atoms with van der Waals surface area (Å²) in [6.45, 7) is 4.73. The van der Waals surface area contributed by atoms with Crippen LogP contribution in [0.4, 0.5) is 0 Å². The number of aryl methyl sites for hydroxylation is 1. The lowest BCUT2D eigenvalue weighted by atomic mass is 10.1. The van der Waals surface area contributed by atoms with Gasteiger partial charge in [-0.3, -0.25) is 24.8 Å². The van der Waals surface area contributed by atoms with Crippen LogP contribution in [-0.2, 0) is 4.79 Å². The Morgan fingerprint density at radius 2 is 2.23 bits per heavy atom. The molecule has 6 nitrogen and oxygen atoms in total. The summed E-state index contributed by atoms with van der Waals surface area (Å²) < 4.78 is 0. The predicted molar refractivity (Wildman–Crippen MR) is 82.4 cm³/mol. The normalized spacial score (nSPS) is 25.3. The van der Waals surface area contributed by atoms with Gasteiger partial charge < -0.3 is 5.32 Å². The molecule has 2 aliphatic heterocycles. The molecular formula is C16H22N4O2. The first-order chi connectivity index (χ1) is 10.6. The maximum absolute atomic E-state index is 12.4. The van der Waals surface area contributed by atoms with Crippen molar-refractivity contribution in [2.24, 2.45) is 0 Å². The second kappa shape index (κ2) is 6.54. The number of rotatable bonds is 3. The lowest BCUT2D eigenvalue weighted by Crippen LogP contribution is -2.49. The number of nitrogens with one attached hydrogen (secondary N) is 2. The number of pyridine rings is 1. The molecule has 0 saturated carbocycles. The summed E-state index contributed by atoms with van der Waals surface area (Å²) in [6.07, 6.45) is 4.40. The van der Waals surface area contributed by atoms with Crippen molar-refractivity contribution in [3.8, 4) is 0 Å². The molecule has 2 aliphatic rings. The summed E-state index contributed by atoms with van der Waals surface area (Å²) in [5.41, 5.74) is 1.27. The summed E-state index contributed by atoms with van der Waals surface area (Å²) in [5, 5.41) is 5.86. The zero-order valence-corrected chi connectivity index (χ0v) is 12.8. The summed E-state index contributed by atoms with van der Waals surface area (Å²) in [5.74, 6) is -0.552. The molecule has 118 valence electrons. The van der Waals surface area contributed by atoms with Gasteiger partial charge in [-0.2, -0.15) is 0 Å². The second-order valence-electron chi connectivity index (χ2n) is 6.05. The van der Waals surface area contributed by atoms with Gasteiger partial charge in [0.15, 0.2) is 0 Å². The number of aromatic nitrogens is 1. The molecule has 2 amide bonds. The zero-order chi connectivity index (χ0) is 15.5. The fourth-order valence-corrected chi connectivity index (χ4v) is 3.30. The van der Waals surface area contributed by atoms with E-state index in [-0.39, 0.29) is 17.9 Å². The highest BCUT2D eigenvalue weighted by atomic mass is 16.2. The van der Waals surface area contributed by atoms with Crippen LogP contribution >= 0.6 is 0 Å². The van der Waals surface area contributed by atoms with Gasteiger partial charge in [-0.05, 0) is 51.4 Å². The molecule has 2 saturated heterocycles. The van der Waals surface area contributed by atoms with E-state index in [0.717, 1.165) is 44.6 Å². The minimum absolute atomic E-state index is 0.185. The molecule has 3 heterocycles. The van der Waals surface area contributed by atoms with Crippen molar-refractivity contribution in [1.29, 1.82) is 0 Å². The smallest absolute Gasteiger partial charge is 0.259 e. The molecule has 6 heteroatoms. The van der Waals surface area contributed by atoms with Crippen LogP contribution in [0.25, 0.3) is 0 Å². The van der Waals surface area contributed by atoms with Gasteiger partial charge in [0.1, 0.15) is 0 Å². The molecule has 0 bridgehead atoms. The molecule has 1 aromatic rings. The standard InChI is InChI=1S/C16H22N4O2/c1-11-4-5-12(9-18-11)15(21)19-16(22)14-3-2-8-20(14)13-6-7-17-10-13/h4-5,9,13-14,17H,2-3,6-8,10H2,1H3,(H,19,21,22)/t13-,14?/m1/s1. The van der Waals surface area contributed by atoms with E-state index in [1.807, 2.05) is 6.92 Å². The van der Waals surface area contributed by atoms with Crippen molar-refractivity contribution in [2.45, 2.75) is 38.3 Å². The van der Waals surface area contributed by atoms with Crippen molar-refractivity contribution < 1.29 is 9.59 Å². The summed E-state index contributed by atoms with van der Waals surface area (Å²) in [4.78, 5) is 30.9. The third-order valence-corrected chi connectivity index (χ3v) is 4.51. The first-order valence-corrected chi connectivity index (χ1v) is 7.89. The van der Waals surface area contributed by atoms with Crippen LogP contribution in [0.15, 0.2) is 18.3 Å². The Hall–Kier alpha value is -1.79. The molecule has 3 rings (SSSR count). The van der Waals surface area contributed by atoms with Gasteiger partial charge in [-0.25, -0.2) is 0 Å². The van der Waals surface area contributed by atoms with E-state index in [1.165, 1.54) is 6.20 Å². The molecule has 1 unspecified atom stereocenters. The monoisotopic (exact) mass is 302 g/mol. The highest BCUT2D eigenvalue weighted by Gasteiger charge is 2.36. The van der Waals surface area contributed by atoms with Gasteiger partial charge in [0.05, 0.1) is 11.6 Å². The molecule has 22 heavy (non-hydrogen) atoms. The maximum atomic E-state index is 12.4. The van der Waals surface area contributed by atoms with Gasteiger partial charge in [-0.15, -0.1) is 0 Å². The highest BCUT2D eigenvalue weighted by molar-refractivity contribution is 6.06. The largest absolute Gasteiger partial charge is 0.315 e. The van der Waals surface area contributed by atoms with E-state index in [1.54, 1.807) is 12.1 Å². The molecule has 0 spiro atoms. The first-order valence-electron chi connectivity index (χ1n) is 7.89. The molecule has 0 aliphatic carbocycles. The number of nitrogens with zero attached hydrogens (tertiary/aromatic N) is 2. The van der Waals surface area contributed by atoms with E-state index in [0.29, 0.717) is 11.6 Å². The zero-order valence-electron chi connectivity index (χ0n) is 12.8. The Kier molecular flexibility index (Phi) is 4.49. The van der Waals surface area contributed by atoms with Crippen LogP contribution in [0.5, 0.6) is 0 Å². The number of imide groups is 1. The molecular weight excluding hydrogens is 280 g/mol. The topological polar surface area (TPSA) is 74.3 Å². The molecule has 2 N–H and O–H groups in total. The van der Waals surface area contributed by atoms with Crippen molar-refractivity contribution >= 4 is 11.8 Å². The Labute approximate surface area is 130 Å². The quantitative estimate of drug-likeness (QED) is 0.794. The Morgan fingerprint density at radius 1 is 1.36 bits per heavy atom. The number of carbonyl (C=O) groups is 2. The fourth-order valence-electron chi connectivity index (χ4n) is 3.30. The second-order valence-corrected chi connectivity index (χ2v) is 6.05. The fraction of sp³-hybridized carbons (Fsp3) is 0.562. The van der Waals surface area contributed by atoms with Crippen LogP contribution in [0, 0.1) is 6.92 Å². The van der Waals surface area contributed by atoms with E-state index < -0.39 is 0 Å². The molecule has 2 atom stereocenters. The number of amides is 2. The number of carbonyl (C=O) groups excluding carboxylic acids is 2. The number of likely N-dealkylation sites (tertiary alicyclic amines) is 1. The average molecular weight is 302 g/mol. The van der Waals surface area contributed by atoms with Gasteiger partial charge in [-0.1, -0.05) is 0 Å². The highest BCUT2D eigenvalue weighted by Crippen LogP contribution is 2.23. The summed E-state index contributed by atoms with van der Waals surface area (Å²) in [7, 11) is 0. The maximum Gasteiger partial charge on any atom is 0.259 e. The predicted octanol–water partition coefficient (Wildman–Crippen LogP) is 0.473. The minimum Gasteiger partial charge on any atom is -0.315 e. The SMILES string of the molecule is Cc1ccc(C(=O)NC(=O)C2CCCN2[C@@H]2CCNC2)cn1. The minimum atomic E-state index is -0.367. The van der Waals surface area contributed by atoms with E-state index in [4.69, 9.17) is 0 Å². The number of hydrogen-bond donors (Lipinski definition) is 2. The van der Waals surface area contributed by atoms with Gasteiger partial charge in [0, 0.05) is 24.5 Å². The summed E-state index contributed by atoms with van der Waals surface area (Å²) >= 11 is 0. The molecule has 0 aromatic carbocycles. The Balaban J connectivity index is 1.63. The molecule has 0 radical (unpaired) electrons. The Morgan fingerprint density at radius 3 is 2.91 bits per heavy atom. The van der Waals surface area contributed by atoms with Crippen LogP contribution in [0.1, 0.15) is 35.3 Å². The van der Waals surface area contributed by atoms with Crippen LogP contribution < -0.4 is 10.6 Å². The first kappa shape index (κ1) is 15.1. The van der Waals surface area contributed by atoms with Gasteiger partial charge in [0.2, 0.25) is 5.91 Å². The summed E-state index contributed by atoms with van der Waals surface area (Å²) in [6, 6.07) is 3.69. The Bertz CT molecular complexity index is 552. The van der Waals surface area contributed by atoms with Crippen LogP contribution in [0.3, 0.4) is 0 Å². The van der Waals surface area contributed by atoms with Gasteiger partial charge in [0.25, 0.3) is 5.91 Å². The van der Waals surface area contributed by atoms with E-state index in [2.05, 4.69) is 20.5 Å². The van der Waals surface area contributed by atoms with Crippen molar-refractivity contribution in [2.75, 3.05) is 19.6 Å². The number of hydrogen-bond acceptors (Lipinski definition) is 5. The van der Waals surface area contributed by atoms with Crippen molar-refractivity contribution in [3.63, 3.8) is 0 Å². The van der Waals surface area contributed by atoms with Crippen LogP contribution in [-0.4, -0.2) is 53.4 Å². The van der Waals surface area contributed by atoms with Gasteiger partial charge >= 0.3 is 0 Å². The molecule has 2 fully saturated rings. The average Bonchev–Trinajstić information content (AvgIpc) is 3.18. The van der Waals surface area contributed by atoms with E-state index >= 15 is 0 Å². The third-order valence-electron chi connectivity index (χ3n) is 4.51. The van der Waals surface area contributed by atoms with Crippen molar-refractivity contribution in [1.82, 2.24) is 20.5 Å². The van der Waals surface area contributed by atoms with Crippen LogP contribution in [0.2, 0.25) is 0 Å². The van der Waals surface area contributed by atoms with Crippen molar-refractivity contribution in [3.05, 3.63) is 29.6 Å². The molecule has 1 aromatic heterocycles. The van der Waals surface area contributed by atoms with E-state index in [9.17, 15) is 9.59 Å². The third kappa shape index (κ3) is 3.18. The lowest BCUT2D eigenvalue weighted by molar-refractivity contribution is -0.125.